The maximum Gasteiger partial charge on any atom is 0.332 e. The van der Waals surface area contributed by atoms with Crippen LogP contribution in [0, 0.1) is 17.2 Å². The maximum atomic E-state index is 13.0. The lowest BCUT2D eigenvalue weighted by molar-refractivity contribution is -0.119. The second kappa shape index (κ2) is 4.41. The van der Waals surface area contributed by atoms with Crippen molar-refractivity contribution in [2.75, 3.05) is 4.90 Å². The predicted octanol–water partition coefficient (Wildman–Crippen LogP) is 2.12. The smallest absolute Gasteiger partial charge is 0.305 e. The molecule has 2 fully saturated rings. The molecule has 0 N–H and O–H groups in total. The van der Waals surface area contributed by atoms with Crippen LogP contribution in [-0.2, 0) is 11.5 Å². The van der Waals surface area contributed by atoms with Crippen LogP contribution in [0.15, 0.2) is 30.4 Å². The normalized spacial score (nSPS) is 28.5. The van der Waals surface area contributed by atoms with Gasteiger partial charge in [-0.3, -0.25) is 4.79 Å². The molecular weight excluding hydrogens is 285 g/mol. The van der Waals surface area contributed by atoms with Crippen molar-refractivity contribution in [2.24, 2.45) is 5.92 Å². The quantitative estimate of drug-likeness (QED) is 0.620. The summed E-state index contributed by atoms with van der Waals surface area (Å²) in [6.45, 7) is -0.813. The number of nitriles is 1. The first-order valence-corrected chi connectivity index (χ1v) is 7.09. The van der Waals surface area contributed by atoms with Crippen LogP contribution < -0.4 is 4.90 Å². The molecule has 6 heteroatoms. The average molecular weight is 297 g/mol. The third-order valence-electron chi connectivity index (χ3n) is 4.65. The first-order valence-electron chi connectivity index (χ1n) is 7.09. The Bertz CT molecular complexity index is 737. The van der Waals surface area contributed by atoms with E-state index in [4.69, 9.17) is 5.26 Å². The number of halogens is 1. The minimum absolute atomic E-state index is 0.0181. The van der Waals surface area contributed by atoms with E-state index in [9.17, 15) is 14.0 Å². The van der Waals surface area contributed by atoms with Gasteiger partial charge < -0.3 is 4.90 Å². The van der Waals surface area contributed by atoms with Gasteiger partial charge in [-0.1, -0.05) is 12.2 Å². The highest BCUT2D eigenvalue weighted by molar-refractivity contribution is 6.22. The summed E-state index contributed by atoms with van der Waals surface area (Å²) in [5, 5.41) is 8.94. The van der Waals surface area contributed by atoms with Gasteiger partial charge in [-0.2, -0.15) is 5.26 Å². The number of alkyl halides is 1. The van der Waals surface area contributed by atoms with Crippen molar-refractivity contribution in [3.8, 4) is 6.07 Å². The number of hydrogen-bond acceptors (Lipinski definition) is 3. The second-order valence-corrected chi connectivity index (χ2v) is 5.75. The highest BCUT2D eigenvalue weighted by Crippen LogP contribution is 2.43. The van der Waals surface area contributed by atoms with Gasteiger partial charge in [-0.05, 0) is 24.6 Å². The zero-order valence-electron chi connectivity index (χ0n) is 11.6. The van der Waals surface area contributed by atoms with Crippen LogP contribution >= 0.6 is 0 Å². The predicted molar refractivity (Wildman–Crippen MR) is 75.5 cm³/mol. The molecule has 2 heterocycles. The van der Waals surface area contributed by atoms with E-state index in [1.807, 2.05) is 18.2 Å². The zero-order chi connectivity index (χ0) is 15.4. The summed E-state index contributed by atoms with van der Waals surface area (Å²) in [6.07, 6.45) is 4.76. The Morgan fingerprint density at radius 2 is 2.14 bits per heavy atom. The minimum atomic E-state index is -0.813. The summed E-state index contributed by atoms with van der Waals surface area (Å²) < 4.78 is 13.0. The number of carbonyl (C=O) groups excluding carboxylic acids is 2. The number of benzene rings is 1. The molecule has 0 unspecified atom stereocenters. The molecule has 110 valence electrons. The third kappa shape index (κ3) is 1.51. The van der Waals surface area contributed by atoms with Crippen molar-refractivity contribution in [3.63, 3.8) is 0 Å². The number of hydrogen-bond donors (Lipinski definition) is 0. The Labute approximate surface area is 126 Å². The molecule has 2 saturated heterocycles. The van der Waals surface area contributed by atoms with Crippen molar-refractivity contribution >= 4 is 17.6 Å². The topological polar surface area (TPSA) is 64.4 Å². The van der Waals surface area contributed by atoms with Crippen molar-refractivity contribution in [1.82, 2.24) is 4.90 Å². The Morgan fingerprint density at radius 3 is 2.82 bits per heavy atom. The summed E-state index contributed by atoms with van der Waals surface area (Å²) in [5.74, 6) is -0.193. The van der Waals surface area contributed by atoms with E-state index >= 15 is 0 Å². The Balaban J connectivity index is 1.74. The zero-order valence-corrected chi connectivity index (χ0v) is 11.6. The summed E-state index contributed by atoms with van der Waals surface area (Å²) in [5.41, 5.74) is 0.733. The van der Waals surface area contributed by atoms with E-state index in [0.29, 0.717) is 5.69 Å². The fourth-order valence-corrected chi connectivity index (χ4v) is 3.64. The van der Waals surface area contributed by atoms with Crippen LogP contribution in [-0.4, -0.2) is 28.9 Å². The minimum Gasteiger partial charge on any atom is -0.305 e. The van der Waals surface area contributed by atoms with Crippen LogP contribution in [0.1, 0.15) is 17.5 Å². The number of carbonyl (C=O) groups is 2. The second-order valence-electron chi connectivity index (χ2n) is 5.75. The number of fused-ring (bicyclic) bond motifs is 5. The summed E-state index contributed by atoms with van der Waals surface area (Å²) in [4.78, 5) is 27.9. The molecule has 0 saturated carbocycles. The summed E-state index contributed by atoms with van der Waals surface area (Å²) >= 11 is 0. The molecule has 2 aliphatic heterocycles. The van der Waals surface area contributed by atoms with E-state index in [1.165, 1.54) is 18.2 Å². The maximum absolute atomic E-state index is 13.0. The lowest BCUT2D eigenvalue weighted by Gasteiger charge is -2.22. The Morgan fingerprint density at radius 1 is 1.32 bits per heavy atom. The van der Waals surface area contributed by atoms with E-state index in [2.05, 4.69) is 0 Å². The van der Waals surface area contributed by atoms with Crippen molar-refractivity contribution in [3.05, 3.63) is 41.5 Å². The molecule has 5 nitrogen and oxygen atoms in total. The van der Waals surface area contributed by atoms with E-state index in [1.54, 1.807) is 4.90 Å². The molecule has 22 heavy (non-hydrogen) atoms. The number of amides is 3. The van der Waals surface area contributed by atoms with Gasteiger partial charge in [0.1, 0.15) is 12.7 Å². The number of nitrogens with zero attached hydrogens (tertiary/aromatic N) is 3. The number of rotatable bonds is 2. The van der Waals surface area contributed by atoms with Gasteiger partial charge in [0.25, 0.3) is 5.91 Å². The van der Waals surface area contributed by atoms with Crippen molar-refractivity contribution < 1.29 is 14.0 Å². The molecule has 0 radical (unpaired) electrons. The van der Waals surface area contributed by atoms with Gasteiger partial charge in [-0.15, -0.1) is 0 Å². The molecule has 4 rings (SSSR count). The molecule has 0 aromatic heterocycles. The number of imide groups is 1. The van der Waals surface area contributed by atoms with Gasteiger partial charge in [0, 0.05) is 11.5 Å². The molecule has 3 aliphatic rings. The highest BCUT2D eigenvalue weighted by atomic mass is 19.1. The molecule has 3 atom stereocenters. The average Bonchev–Trinajstić information content (AvgIpc) is 3.21. The van der Waals surface area contributed by atoms with Gasteiger partial charge in [0.2, 0.25) is 0 Å². The largest absolute Gasteiger partial charge is 0.332 e. The Hall–Kier alpha value is -2.68. The van der Waals surface area contributed by atoms with Crippen LogP contribution in [0.4, 0.5) is 14.9 Å². The number of anilines is 1. The van der Waals surface area contributed by atoms with Crippen LogP contribution in [0.2, 0.25) is 0 Å². The lowest BCUT2D eigenvalue weighted by atomic mass is 10.0. The van der Waals surface area contributed by atoms with Gasteiger partial charge in [0.05, 0.1) is 23.4 Å². The van der Waals surface area contributed by atoms with Gasteiger partial charge in [-0.25, -0.2) is 14.1 Å². The lowest BCUT2D eigenvalue weighted by Crippen LogP contribution is -2.38. The fraction of sp³-hybridized carbons (Fsp3) is 0.312. The van der Waals surface area contributed by atoms with Crippen molar-refractivity contribution in [2.45, 2.75) is 25.2 Å². The molecule has 1 aliphatic carbocycles. The summed E-state index contributed by atoms with van der Waals surface area (Å²) in [6, 6.07) is 5.46. The van der Waals surface area contributed by atoms with E-state index in [-0.39, 0.29) is 35.0 Å². The molecule has 3 amide bonds. The van der Waals surface area contributed by atoms with Gasteiger partial charge >= 0.3 is 6.03 Å². The molecule has 2 bridgehead atoms. The Kier molecular flexibility index (Phi) is 2.61. The fourth-order valence-electron chi connectivity index (χ4n) is 3.64. The van der Waals surface area contributed by atoms with Crippen molar-refractivity contribution in [1.29, 1.82) is 5.26 Å². The summed E-state index contributed by atoms with van der Waals surface area (Å²) in [7, 11) is 0. The molecular formula is C16H12FN3O2. The van der Waals surface area contributed by atoms with Gasteiger partial charge in [0.15, 0.2) is 0 Å². The van der Waals surface area contributed by atoms with E-state index in [0.717, 1.165) is 11.3 Å². The highest BCUT2D eigenvalue weighted by Gasteiger charge is 2.57. The standard InChI is InChI=1S/C16H12FN3O2/c17-7-11-6-13(4-2-10(11)8-18)20-15(21)14-9-1-3-12(5-9)19(14)16(20)22/h1-4,6,9,12,14H,5,7H2/t9-,12+,14+/m0/s1. The molecule has 0 spiro atoms. The van der Waals surface area contributed by atoms with Crippen LogP contribution in [0.25, 0.3) is 0 Å². The third-order valence-corrected chi connectivity index (χ3v) is 4.65. The first kappa shape index (κ1) is 13.0. The first-order chi connectivity index (χ1) is 10.7. The van der Waals surface area contributed by atoms with E-state index < -0.39 is 12.7 Å². The monoisotopic (exact) mass is 297 g/mol. The number of urea groups is 1. The molecule has 1 aromatic carbocycles. The molecule has 1 aromatic rings. The SMILES string of the molecule is N#Cc1ccc(N2C(=O)[C@H]3[C@H]4C=C[C@H](C4)N3C2=O)cc1CF. The van der Waals surface area contributed by atoms with Crippen LogP contribution in [0.5, 0.6) is 0 Å². The van der Waals surface area contributed by atoms with Crippen LogP contribution in [0.3, 0.4) is 0 Å².